The number of methoxy groups -OCH3 is 2. The van der Waals surface area contributed by atoms with Gasteiger partial charge in [-0.3, -0.25) is 29.6 Å². The van der Waals surface area contributed by atoms with Gasteiger partial charge in [0, 0.05) is 9.79 Å². The van der Waals surface area contributed by atoms with Crippen LogP contribution in [0.25, 0.3) is 0 Å². The van der Waals surface area contributed by atoms with Gasteiger partial charge in [0.1, 0.15) is 24.6 Å². The van der Waals surface area contributed by atoms with Crippen LogP contribution in [0, 0.1) is 0 Å². The van der Waals surface area contributed by atoms with Crippen molar-refractivity contribution < 1.29 is 58.5 Å². The second kappa shape index (κ2) is 22.7. The molecule has 6 rings (SSSR count). The van der Waals surface area contributed by atoms with Crippen LogP contribution in [0.5, 0.6) is 11.5 Å². The third kappa shape index (κ3) is 12.3. The van der Waals surface area contributed by atoms with E-state index in [0.717, 1.165) is 58.1 Å². The standard InChI is InChI=1S/C23H26N2O6S.C21H22N2O6S/c1-3-31-23(28)16-9-12-19-18(13-16)25(14-21(26)24-29)22(27)20(32-19)6-4-5-15-7-10-17(30-2)11-8-15;1-29-15-8-5-13(6-9-15)3-2-4-18-20(25)23(12-19(24)22-28)16-11-14(21(26)27)7-10-17(16)30-18/h7-13,20,29H,3-6,14H2,1-2H3,(H,24,26);5-11,18,28H,2-4,12H2,1H3,(H,22,24)(H,26,27). The van der Waals surface area contributed by atoms with Crippen molar-refractivity contribution in [2.45, 2.75) is 65.7 Å². The first kappa shape index (κ1) is 47.0. The number of rotatable bonds is 17. The first-order valence-electron chi connectivity index (χ1n) is 19.7. The minimum absolute atomic E-state index is 0.0227. The van der Waals surface area contributed by atoms with Gasteiger partial charge in [0.15, 0.2) is 0 Å². The number of ether oxygens (including phenoxy) is 3. The highest BCUT2D eigenvalue weighted by Crippen LogP contribution is 2.43. The van der Waals surface area contributed by atoms with Crippen LogP contribution in [0.2, 0.25) is 0 Å². The number of fused-ring (bicyclic) bond motifs is 2. The molecule has 0 saturated heterocycles. The Morgan fingerprint density at radius 1 is 0.645 bits per heavy atom. The second-order valence-electron chi connectivity index (χ2n) is 14.0. The van der Waals surface area contributed by atoms with Crippen molar-refractivity contribution in [3.05, 3.63) is 107 Å². The van der Waals surface area contributed by atoms with E-state index in [0.29, 0.717) is 29.8 Å². The molecule has 0 radical (unpaired) electrons. The topological polar surface area (TPSA) is 221 Å². The molecule has 2 aliphatic heterocycles. The van der Waals surface area contributed by atoms with E-state index in [9.17, 15) is 33.9 Å². The van der Waals surface area contributed by atoms with E-state index in [-0.39, 0.29) is 42.3 Å². The lowest BCUT2D eigenvalue weighted by atomic mass is 10.1. The number of anilines is 2. The summed E-state index contributed by atoms with van der Waals surface area (Å²) in [6, 6.07) is 25.0. The summed E-state index contributed by atoms with van der Waals surface area (Å²) in [5.41, 5.74) is 6.51. The van der Waals surface area contributed by atoms with Crippen molar-refractivity contribution in [2.75, 3.05) is 43.7 Å². The summed E-state index contributed by atoms with van der Waals surface area (Å²) in [6.45, 7) is 1.21. The predicted molar refractivity (Wildman–Crippen MR) is 232 cm³/mol. The fraction of sp³-hybridized carbons (Fsp3) is 0.318. The average molecular weight is 889 g/mol. The number of esters is 1. The SMILES string of the molecule is CCOC(=O)c1ccc2c(c1)N(CC(=O)NO)C(=O)C(CCCc1ccc(OC)cc1)S2.COc1ccc(CCCC2Sc3ccc(C(=O)O)cc3N(CC(=O)NO)C2=O)cc1. The lowest BCUT2D eigenvalue weighted by Gasteiger charge is -2.33. The molecule has 0 aromatic heterocycles. The van der Waals surface area contributed by atoms with Gasteiger partial charge in [0.2, 0.25) is 11.8 Å². The summed E-state index contributed by atoms with van der Waals surface area (Å²) >= 11 is 2.79. The molecular weight excluding hydrogens is 841 g/mol. The van der Waals surface area contributed by atoms with Crippen LogP contribution < -0.4 is 30.2 Å². The summed E-state index contributed by atoms with van der Waals surface area (Å²) in [4.78, 5) is 77.3. The number of aromatic carboxylic acids is 1. The number of carbonyl (C=O) groups is 6. The van der Waals surface area contributed by atoms with Crippen molar-refractivity contribution in [3.63, 3.8) is 0 Å². The van der Waals surface area contributed by atoms with Crippen LogP contribution in [0.4, 0.5) is 11.4 Å². The molecule has 4 amide bonds. The molecule has 62 heavy (non-hydrogen) atoms. The van der Waals surface area contributed by atoms with Gasteiger partial charge < -0.3 is 29.1 Å². The summed E-state index contributed by atoms with van der Waals surface area (Å²) in [7, 11) is 3.23. The average Bonchev–Trinajstić information content (AvgIpc) is 3.29. The predicted octanol–water partition coefficient (Wildman–Crippen LogP) is 5.94. The van der Waals surface area contributed by atoms with Gasteiger partial charge in [-0.2, -0.15) is 0 Å². The van der Waals surface area contributed by atoms with Crippen LogP contribution in [0.15, 0.2) is 94.7 Å². The van der Waals surface area contributed by atoms with Crippen molar-refractivity contribution in [2.24, 2.45) is 0 Å². The summed E-state index contributed by atoms with van der Waals surface area (Å²) in [5, 5.41) is 26.3. The van der Waals surface area contributed by atoms with E-state index in [1.165, 1.54) is 50.9 Å². The van der Waals surface area contributed by atoms with Crippen LogP contribution in [0.1, 0.15) is 64.4 Å². The van der Waals surface area contributed by atoms with Gasteiger partial charge in [0.05, 0.1) is 53.8 Å². The van der Waals surface area contributed by atoms with Crippen LogP contribution in [-0.4, -0.2) is 95.5 Å². The Balaban J connectivity index is 0.000000235. The summed E-state index contributed by atoms with van der Waals surface area (Å²) in [6.07, 6.45) is 4.35. The fourth-order valence-corrected chi connectivity index (χ4v) is 9.25. The van der Waals surface area contributed by atoms with E-state index >= 15 is 0 Å². The molecule has 0 bridgehead atoms. The van der Waals surface area contributed by atoms with Crippen LogP contribution in [-0.2, 0) is 36.8 Å². The molecule has 16 nitrogen and oxygen atoms in total. The molecular formula is C44H48N4O12S2. The molecule has 0 fully saturated rings. The maximum absolute atomic E-state index is 13.2. The van der Waals surface area contributed by atoms with E-state index in [2.05, 4.69) is 0 Å². The number of carbonyl (C=O) groups excluding carboxylic acids is 5. The molecule has 2 unspecified atom stereocenters. The Morgan fingerprint density at radius 3 is 1.45 bits per heavy atom. The summed E-state index contributed by atoms with van der Waals surface area (Å²) in [5.74, 6) is -2.02. The largest absolute Gasteiger partial charge is 0.497 e. The maximum atomic E-state index is 13.2. The van der Waals surface area contributed by atoms with E-state index < -0.39 is 29.0 Å². The van der Waals surface area contributed by atoms with Gasteiger partial charge in [0.25, 0.3) is 11.8 Å². The quantitative estimate of drug-likeness (QED) is 0.0471. The Morgan fingerprint density at radius 2 is 1.06 bits per heavy atom. The number of hydrogen-bond acceptors (Lipinski definition) is 13. The molecule has 18 heteroatoms. The number of carboxylic acid groups (broad SMARTS) is 1. The fourth-order valence-electron chi connectivity index (χ4n) is 6.74. The van der Waals surface area contributed by atoms with Crippen molar-refractivity contribution in [3.8, 4) is 11.5 Å². The highest BCUT2D eigenvalue weighted by molar-refractivity contribution is 8.01. The molecule has 4 aromatic rings. The summed E-state index contributed by atoms with van der Waals surface area (Å²) < 4.78 is 15.4. The number of hydrogen-bond donors (Lipinski definition) is 5. The number of hydroxylamine groups is 2. The zero-order valence-corrected chi connectivity index (χ0v) is 36.0. The molecule has 328 valence electrons. The Kier molecular flexibility index (Phi) is 17.2. The number of benzene rings is 4. The van der Waals surface area contributed by atoms with E-state index in [4.69, 9.17) is 24.6 Å². The van der Waals surface area contributed by atoms with Crippen LogP contribution in [0.3, 0.4) is 0 Å². The molecule has 0 saturated carbocycles. The third-order valence-corrected chi connectivity index (χ3v) is 12.6. The van der Waals surface area contributed by atoms with Gasteiger partial charge in [-0.25, -0.2) is 20.5 Å². The molecule has 4 aromatic carbocycles. The number of carboxylic acids is 1. The molecule has 2 heterocycles. The number of nitrogens with one attached hydrogen (secondary N) is 2. The smallest absolute Gasteiger partial charge is 0.338 e. The van der Waals surface area contributed by atoms with Crippen molar-refractivity contribution in [1.82, 2.24) is 11.0 Å². The highest BCUT2D eigenvalue weighted by Gasteiger charge is 2.36. The van der Waals surface area contributed by atoms with Crippen molar-refractivity contribution in [1.29, 1.82) is 0 Å². The lowest BCUT2D eigenvalue weighted by molar-refractivity contribution is -0.129. The molecule has 2 aliphatic rings. The number of amides is 4. The van der Waals surface area contributed by atoms with E-state index in [1.807, 2.05) is 48.5 Å². The minimum atomic E-state index is -1.12. The molecule has 0 spiro atoms. The monoisotopic (exact) mass is 888 g/mol. The minimum Gasteiger partial charge on any atom is -0.497 e. The zero-order chi connectivity index (χ0) is 44.8. The Labute approximate surface area is 366 Å². The van der Waals surface area contributed by atoms with Gasteiger partial charge in [-0.1, -0.05) is 24.3 Å². The van der Waals surface area contributed by atoms with Gasteiger partial charge >= 0.3 is 11.9 Å². The maximum Gasteiger partial charge on any atom is 0.338 e. The number of aryl methyl sites for hydroxylation is 2. The third-order valence-electron chi connectivity index (χ3n) is 9.91. The first-order chi connectivity index (χ1) is 29.9. The Bertz CT molecular complexity index is 2240. The van der Waals surface area contributed by atoms with Crippen LogP contribution >= 0.6 is 23.5 Å². The first-order valence-corrected chi connectivity index (χ1v) is 21.4. The second-order valence-corrected chi connectivity index (χ2v) is 16.5. The lowest BCUT2D eigenvalue weighted by Crippen LogP contribution is -2.46. The molecule has 0 aliphatic carbocycles. The normalized spacial score (nSPS) is 15.3. The molecule has 5 N–H and O–H groups in total. The van der Waals surface area contributed by atoms with Gasteiger partial charge in [-0.05, 0) is 117 Å². The van der Waals surface area contributed by atoms with E-state index in [1.54, 1.807) is 50.9 Å². The van der Waals surface area contributed by atoms with Crippen molar-refractivity contribution >= 4 is 70.5 Å². The van der Waals surface area contributed by atoms with Gasteiger partial charge in [-0.15, -0.1) is 23.5 Å². The number of thioether (sulfide) groups is 2. The number of nitrogens with zero attached hydrogens (tertiary/aromatic N) is 2. The zero-order valence-electron chi connectivity index (χ0n) is 34.3. The highest BCUT2D eigenvalue weighted by atomic mass is 32.2. The molecule has 2 atom stereocenters. The Hall–Kier alpha value is -6.08.